The van der Waals surface area contributed by atoms with E-state index in [-0.39, 0.29) is 6.61 Å². The van der Waals surface area contributed by atoms with Crippen molar-refractivity contribution in [1.82, 2.24) is 0 Å². The molecule has 0 N–H and O–H groups in total. The highest BCUT2D eigenvalue weighted by Crippen LogP contribution is 2.14. The van der Waals surface area contributed by atoms with Crippen LogP contribution in [0.4, 0.5) is 0 Å². The molecule has 2 rings (SSSR count). The lowest BCUT2D eigenvalue weighted by atomic mass is 10.1. The first-order valence-corrected chi connectivity index (χ1v) is 7.13. The molecule has 21 heavy (non-hydrogen) atoms. The standard InChI is InChI=1S/C18H19O3/c19-15-20-14-17-10-6-11-18(13-17)21-12-5-4-9-16-7-2-1-3-8-16/h1-3,6-8,10-11,13H,4-5,9,12,14H2. The second-order valence-corrected chi connectivity index (χ2v) is 4.81. The van der Waals surface area contributed by atoms with Crippen LogP contribution in [0.2, 0.25) is 0 Å². The number of hydrogen-bond donors (Lipinski definition) is 0. The fraction of sp³-hybridized carbons (Fsp3) is 0.278. The van der Waals surface area contributed by atoms with Gasteiger partial charge in [0.05, 0.1) is 6.61 Å². The summed E-state index contributed by atoms with van der Waals surface area (Å²) in [5.74, 6) is 0.807. The van der Waals surface area contributed by atoms with E-state index in [9.17, 15) is 4.79 Å². The third-order valence-corrected chi connectivity index (χ3v) is 3.17. The first-order chi connectivity index (χ1) is 10.4. The van der Waals surface area contributed by atoms with E-state index in [2.05, 4.69) is 29.0 Å². The van der Waals surface area contributed by atoms with Crippen LogP contribution in [0.15, 0.2) is 54.6 Å². The summed E-state index contributed by atoms with van der Waals surface area (Å²) in [5, 5.41) is 0. The Morgan fingerprint density at radius 3 is 2.52 bits per heavy atom. The largest absolute Gasteiger partial charge is 0.494 e. The van der Waals surface area contributed by atoms with E-state index in [1.165, 1.54) is 12.0 Å². The molecule has 0 spiro atoms. The molecular formula is C18H19O3. The number of ether oxygens (including phenoxy) is 2. The molecule has 0 saturated carbocycles. The fourth-order valence-corrected chi connectivity index (χ4v) is 2.10. The molecule has 1 radical (unpaired) electrons. The number of hydrogen-bond acceptors (Lipinski definition) is 3. The van der Waals surface area contributed by atoms with Crippen molar-refractivity contribution in [3.05, 3.63) is 65.7 Å². The lowest BCUT2D eigenvalue weighted by Crippen LogP contribution is -1.99. The maximum absolute atomic E-state index is 10.0. The van der Waals surface area contributed by atoms with Crippen LogP contribution in [0, 0.1) is 0 Å². The van der Waals surface area contributed by atoms with Crippen LogP contribution in [0.1, 0.15) is 24.0 Å². The topological polar surface area (TPSA) is 35.5 Å². The van der Waals surface area contributed by atoms with E-state index in [0.717, 1.165) is 30.6 Å². The van der Waals surface area contributed by atoms with Gasteiger partial charge in [-0.3, -0.25) is 0 Å². The summed E-state index contributed by atoms with van der Waals surface area (Å²) in [6.45, 7) is 2.34. The fourth-order valence-electron chi connectivity index (χ4n) is 2.10. The van der Waals surface area contributed by atoms with Gasteiger partial charge in [-0.15, -0.1) is 0 Å². The monoisotopic (exact) mass is 283 g/mol. The molecule has 109 valence electrons. The second kappa shape index (κ2) is 8.80. The Morgan fingerprint density at radius 1 is 0.905 bits per heavy atom. The van der Waals surface area contributed by atoms with Crippen molar-refractivity contribution in [3.8, 4) is 5.75 Å². The van der Waals surface area contributed by atoms with Gasteiger partial charge in [0, 0.05) is 0 Å². The van der Waals surface area contributed by atoms with E-state index in [0.29, 0.717) is 6.61 Å². The molecule has 3 heteroatoms. The zero-order valence-corrected chi connectivity index (χ0v) is 12.0. The Labute approximate surface area is 125 Å². The zero-order chi connectivity index (χ0) is 14.8. The van der Waals surface area contributed by atoms with E-state index < -0.39 is 0 Å². The van der Waals surface area contributed by atoms with E-state index in [4.69, 9.17) is 4.74 Å². The number of aryl methyl sites for hydroxylation is 1. The lowest BCUT2D eigenvalue weighted by Gasteiger charge is -2.07. The van der Waals surface area contributed by atoms with Crippen molar-refractivity contribution in [3.63, 3.8) is 0 Å². The average molecular weight is 283 g/mol. The van der Waals surface area contributed by atoms with Crippen LogP contribution < -0.4 is 4.74 Å². The Bertz CT molecular complexity index is 537. The van der Waals surface area contributed by atoms with Gasteiger partial charge >= 0.3 is 6.47 Å². The first kappa shape index (κ1) is 15.1. The Kier molecular flexibility index (Phi) is 6.33. The molecule has 0 atom stereocenters. The van der Waals surface area contributed by atoms with Gasteiger partial charge in [-0.05, 0) is 42.5 Å². The molecule has 0 amide bonds. The van der Waals surface area contributed by atoms with Crippen LogP contribution in [0.5, 0.6) is 5.75 Å². The van der Waals surface area contributed by atoms with E-state index in [1.54, 1.807) is 0 Å². The molecule has 0 heterocycles. The quantitative estimate of drug-likeness (QED) is 0.659. The van der Waals surface area contributed by atoms with Gasteiger partial charge in [-0.2, -0.15) is 0 Å². The molecule has 0 saturated heterocycles. The van der Waals surface area contributed by atoms with Crippen molar-refractivity contribution in [2.45, 2.75) is 25.9 Å². The second-order valence-electron chi connectivity index (χ2n) is 4.81. The number of unbranched alkanes of at least 4 members (excludes halogenated alkanes) is 1. The van der Waals surface area contributed by atoms with Crippen molar-refractivity contribution in [2.24, 2.45) is 0 Å². The Balaban J connectivity index is 1.67. The molecular weight excluding hydrogens is 264 g/mol. The normalized spacial score (nSPS) is 10.1. The number of benzene rings is 2. The van der Waals surface area contributed by atoms with E-state index >= 15 is 0 Å². The Hall–Kier alpha value is -2.29. The van der Waals surface area contributed by atoms with Crippen LogP contribution >= 0.6 is 0 Å². The molecule has 0 unspecified atom stereocenters. The van der Waals surface area contributed by atoms with Gasteiger partial charge in [0.15, 0.2) is 0 Å². The molecule has 0 aliphatic heterocycles. The number of carbonyl (C=O) groups excluding carboxylic acids is 1. The summed E-state index contributed by atoms with van der Waals surface area (Å²) in [4.78, 5) is 10.0. The SMILES string of the molecule is O=[C]OCc1cccc(OCCCCc2ccccc2)c1. The highest BCUT2D eigenvalue weighted by atomic mass is 16.5. The van der Waals surface area contributed by atoms with Gasteiger partial charge in [-0.25, -0.2) is 4.79 Å². The smallest absolute Gasteiger partial charge is 0.417 e. The predicted molar refractivity (Wildman–Crippen MR) is 81.8 cm³/mol. The van der Waals surface area contributed by atoms with Gasteiger partial charge in [0.25, 0.3) is 0 Å². The van der Waals surface area contributed by atoms with Crippen molar-refractivity contribution < 1.29 is 14.3 Å². The maximum atomic E-state index is 10.0. The van der Waals surface area contributed by atoms with Gasteiger partial charge in [-0.1, -0.05) is 42.5 Å². The molecule has 3 nitrogen and oxygen atoms in total. The molecule has 0 aliphatic carbocycles. The van der Waals surface area contributed by atoms with Gasteiger partial charge < -0.3 is 9.47 Å². The van der Waals surface area contributed by atoms with E-state index in [1.807, 2.05) is 30.3 Å². The summed E-state index contributed by atoms with van der Waals surface area (Å²) >= 11 is 0. The minimum Gasteiger partial charge on any atom is -0.494 e. The predicted octanol–water partition coefficient (Wildman–Crippen LogP) is 3.67. The molecule has 0 aromatic heterocycles. The van der Waals surface area contributed by atoms with Crippen LogP contribution in [-0.2, 0) is 22.6 Å². The lowest BCUT2D eigenvalue weighted by molar-refractivity contribution is 0.265. The summed E-state index contributed by atoms with van der Waals surface area (Å²) in [6.07, 6.45) is 3.19. The van der Waals surface area contributed by atoms with Gasteiger partial charge in [0.1, 0.15) is 12.4 Å². The molecule has 2 aromatic rings. The van der Waals surface area contributed by atoms with Crippen LogP contribution in [0.3, 0.4) is 0 Å². The third kappa shape index (κ3) is 5.69. The summed E-state index contributed by atoms with van der Waals surface area (Å²) in [5.41, 5.74) is 2.27. The third-order valence-electron chi connectivity index (χ3n) is 3.17. The highest BCUT2D eigenvalue weighted by Gasteiger charge is 1.98. The molecule has 0 aliphatic rings. The molecule has 0 bridgehead atoms. The Morgan fingerprint density at radius 2 is 1.71 bits per heavy atom. The summed E-state index contributed by atoms with van der Waals surface area (Å²) < 4.78 is 10.3. The van der Waals surface area contributed by atoms with Crippen LogP contribution in [-0.4, -0.2) is 13.1 Å². The molecule has 0 fully saturated rings. The molecule has 2 aromatic carbocycles. The maximum Gasteiger partial charge on any atom is 0.417 e. The average Bonchev–Trinajstić information content (AvgIpc) is 2.54. The summed E-state index contributed by atoms with van der Waals surface area (Å²) in [7, 11) is 0. The zero-order valence-electron chi connectivity index (χ0n) is 12.0. The van der Waals surface area contributed by atoms with Crippen molar-refractivity contribution >= 4 is 6.47 Å². The van der Waals surface area contributed by atoms with Gasteiger partial charge in [0.2, 0.25) is 0 Å². The highest BCUT2D eigenvalue weighted by molar-refractivity contribution is 5.39. The minimum atomic E-state index is 0.231. The van der Waals surface area contributed by atoms with Crippen molar-refractivity contribution in [2.75, 3.05) is 6.61 Å². The van der Waals surface area contributed by atoms with Crippen molar-refractivity contribution in [1.29, 1.82) is 0 Å². The minimum absolute atomic E-state index is 0.231. The first-order valence-electron chi connectivity index (χ1n) is 7.13. The summed E-state index contributed by atoms with van der Waals surface area (Å²) in [6, 6.07) is 18.0. The van der Waals surface area contributed by atoms with Crippen LogP contribution in [0.25, 0.3) is 0 Å². The number of rotatable bonds is 9.